The van der Waals surface area contributed by atoms with E-state index in [1.165, 1.54) is 6.26 Å². The van der Waals surface area contributed by atoms with E-state index in [0.717, 1.165) is 0 Å². The van der Waals surface area contributed by atoms with Crippen molar-refractivity contribution in [3.63, 3.8) is 0 Å². The zero-order valence-corrected chi connectivity index (χ0v) is 6.40. The lowest BCUT2D eigenvalue weighted by atomic mass is 10.1. The zero-order valence-electron chi connectivity index (χ0n) is 5.59. The summed E-state index contributed by atoms with van der Waals surface area (Å²) >= 11 is 0. The molecule has 0 aromatic carbocycles. The minimum absolute atomic E-state index is 0.141. The third-order valence-corrected chi connectivity index (χ3v) is 3.42. The molecule has 1 aliphatic heterocycles. The standard InChI is InChI=1S/C5H11NO2S/c1-4-5(3-6-4)9(2,7)8/h4-6H,3H2,1-2H3/t4-,5+/m1/s1. The Morgan fingerprint density at radius 2 is 2.11 bits per heavy atom. The van der Waals surface area contributed by atoms with E-state index in [0.29, 0.717) is 6.54 Å². The monoisotopic (exact) mass is 149 g/mol. The van der Waals surface area contributed by atoms with Crippen LogP contribution >= 0.6 is 0 Å². The number of hydrogen-bond acceptors (Lipinski definition) is 3. The Morgan fingerprint density at radius 1 is 1.56 bits per heavy atom. The molecule has 1 N–H and O–H groups in total. The van der Waals surface area contributed by atoms with Gasteiger partial charge in [0.2, 0.25) is 0 Å². The highest BCUT2D eigenvalue weighted by molar-refractivity contribution is 7.91. The molecular formula is C5H11NO2S. The van der Waals surface area contributed by atoms with Crippen molar-refractivity contribution in [3.8, 4) is 0 Å². The molecule has 1 aliphatic rings. The van der Waals surface area contributed by atoms with Crippen LogP contribution in [0.1, 0.15) is 6.92 Å². The van der Waals surface area contributed by atoms with Crippen LogP contribution in [0.2, 0.25) is 0 Å². The number of rotatable bonds is 1. The van der Waals surface area contributed by atoms with Crippen molar-refractivity contribution in [1.82, 2.24) is 5.32 Å². The predicted molar refractivity (Wildman–Crippen MR) is 36.1 cm³/mol. The predicted octanol–water partition coefficient (Wildman–Crippen LogP) is -0.609. The van der Waals surface area contributed by atoms with Gasteiger partial charge >= 0.3 is 0 Å². The van der Waals surface area contributed by atoms with Crippen molar-refractivity contribution in [3.05, 3.63) is 0 Å². The van der Waals surface area contributed by atoms with Crippen LogP contribution in [0.4, 0.5) is 0 Å². The van der Waals surface area contributed by atoms with E-state index in [2.05, 4.69) is 5.32 Å². The van der Waals surface area contributed by atoms with E-state index < -0.39 is 9.84 Å². The van der Waals surface area contributed by atoms with Gasteiger partial charge in [-0.2, -0.15) is 0 Å². The van der Waals surface area contributed by atoms with E-state index in [1.807, 2.05) is 6.92 Å². The molecule has 9 heavy (non-hydrogen) atoms. The van der Waals surface area contributed by atoms with Crippen molar-refractivity contribution in [2.45, 2.75) is 18.2 Å². The van der Waals surface area contributed by atoms with Crippen LogP contribution in [-0.4, -0.2) is 32.5 Å². The van der Waals surface area contributed by atoms with Gasteiger partial charge in [-0.15, -0.1) is 0 Å². The zero-order chi connectivity index (χ0) is 7.07. The van der Waals surface area contributed by atoms with Crippen LogP contribution in [0.25, 0.3) is 0 Å². The molecule has 0 saturated carbocycles. The van der Waals surface area contributed by atoms with Crippen LogP contribution in [0, 0.1) is 0 Å². The molecule has 0 aliphatic carbocycles. The van der Waals surface area contributed by atoms with Gasteiger partial charge in [0.1, 0.15) is 0 Å². The Hall–Kier alpha value is -0.0900. The highest BCUT2D eigenvalue weighted by atomic mass is 32.2. The summed E-state index contributed by atoms with van der Waals surface area (Å²) in [5.74, 6) is 0. The lowest BCUT2D eigenvalue weighted by molar-refractivity contribution is 0.394. The Bertz CT molecular complexity index is 197. The molecule has 0 bridgehead atoms. The van der Waals surface area contributed by atoms with Crippen LogP contribution in [-0.2, 0) is 9.84 Å². The van der Waals surface area contributed by atoms with Crippen molar-refractivity contribution in [2.75, 3.05) is 12.8 Å². The lowest BCUT2D eigenvalue weighted by Crippen LogP contribution is -2.58. The molecule has 4 heteroatoms. The summed E-state index contributed by atoms with van der Waals surface area (Å²) in [5, 5.41) is 2.84. The molecule has 1 heterocycles. The number of hydrogen-bond donors (Lipinski definition) is 1. The van der Waals surface area contributed by atoms with Gasteiger partial charge in [0.25, 0.3) is 0 Å². The van der Waals surface area contributed by atoms with Crippen LogP contribution in [0.5, 0.6) is 0 Å². The van der Waals surface area contributed by atoms with Crippen LogP contribution < -0.4 is 5.32 Å². The second kappa shape index (κ2) is 1.95. The average Bonchev–Trinajstić information content (AvgIpc) is 1.57. The van der Waals surface area contributed by atoms with Gasteiger partial charge in [-0.25, -0.2) is 8.42 Å². The third kappa shape index (κ3) is 1.24. The van der Waals surface area contributed by atoms with Gasteiger partial charge in [0.15, 0.2) is 9.84 Å². The Balaban J connectivity index is 2.66. The van der Waals surface area contributed by atoms with E-state index >= 15 is 0 Å². The van der Waals surface area contributed by atoms with Crippen molar-refractivity contribution < 1.29 is 8.42 Å². The number of sulfone groups is 1. The second-order valence-corrected chi connectivity index (χ2v) is 4.83. The third-order valence-electron chi connectivity index (χ3n) is 1.75. The van der Waals surface area contributed by atoms with Gasteiger partial charge in [0.05, 0.1) is 5.25 Å². The van der Waals surface area contributed by atoms with E-state index in [-0.39, 0.29) is 11.3 Å². The highest BCUT2D eigenvalue weighted by Crippen LogP contribution is 2.11. The summed E-state index contributed by atoms with van der Waals surface area (Å²) in [5.41, 5.74) is 0. The summed E-state index contributed by atoms with van der Waals surface area (Å²) in [6, 6.07) is 0.153. The molecule has 1 fully saturated rings. The molecule has 0 radical (unpaired) electrons. The number of nitrogens with one attached hydrogen (secondary N) is 1. The Labute approximate surface area is 55.4 Å². The first-order valence-corrected chi connectivity index (χ1v) is 4.89. The molecule has 54 valence electrons. The Morgan fingerprint density at radius 3 is 2.11 bits per heavy atom. The van der Waals surface area contributed by atoms with E-state index in [9.17, 15) is 8.42 Å². The van der Waals surface area contributed by atoms with E-state index in [4.69, 9.17) is 0 Å². The first kappa shape index (κ1) is 7.02. The fourth-order valence-electron chi connectivity index (χ4n) is 0.972. The fraction of sp³-hybridized carbons (Fsp3) is 1.00. The first-order valence-electron chi connectivity index (χ1n) is 2.94. The molecule has 3 nitrogen and oxygen atoms in total. The van der Waals surface area contributed by atoms with Crippen LogP contribution in [0.3, 0.4) is 0 Å². The lowest BCUT2D eigenvalue weighted by Gasteiger charge is -2.33. The minimum atomic E-state index is -2.78. The molecule has 1 rings (SSSR count). The van der Waals surface area contributed by atoms with E-state index in [1.54, 1.807) is 0 Å². The molecule has 0 amide bonds. The maximum Gasteiger partial charge on any atom is 0.153 e. The molecular weight excluding hydrogens is 138 g/mol. The van der Waals surface area contributed by atoms with Gasteiger partial charge < -0.3 is 5.32 Å². The van der Waals surface area contributed by atoms with Gasteiger partial charge in [-0.3, -0.25) is 0 Å². The average molecular weight is 149 g/mol. The second-order valence-electron chi connectivity index (χ2n) is 2.56. The topological polar surface area (TPSA) is 46.2 Å². The molecule has 0 aromatic rings. The summed E-state index contributed by atoms with van der Waals surface area (Å²) in [7, 11) is -2.78. The van der Waals surface area contributed by atoms with Crippen molar-refractivity contribution in [1.29, 1.82) is 0 Å². The summed E-state index contributed by atoms with van der Waals surface area (Å²) in [6.45, 7) is 2.51. The van der Waals surface area contributed by atoms with Gasteiger partial charge in [0, 0.05) is 18.8 Å². The fourth-order valence-corrected chi connectivity index (χ4v) is 2.21. The smallest absolute Gasteiger partial charge is 0.153 e. The SMILES string of the molecule is C[C@H]1NC[C@@H]1S(C)(=O)=O. The normalized spacial score (nSPS) is 35.8. The van der Waals surface area contributed by atoms with Gasteiger partial charge in [-0.1, -0.05) is 0 Å². The molecule has 2 atom stereocenters. The quantitative estimate of drug-likeness (QED) is 0.541. The van der Waals surface area contributed by atoms with Crippen molar-refractivity contribution >= 4 is 9.84 Å². The largest absolute Gasteiger partial charge is 0.312 e. The minimum Gasteiger partial charge on any atom is -0.312 e. The summed E-state index contributed by atoms with van der Waals surface area (Å²) < 4.78 is 21.6. The molecule has 0 aromatic heterocycles. The Kier molecular flexibility index (Phi) is 1.52. The highest BCUT2D eigenvalue weighted by Gasteiger charge is 2.34. The van der Waals surface area contributed by atoms with Crippen molar-refractivity contribution in [2.24, 2.45) is 0 Å². The molecule has 0 spiro atoms. The van der Waals surface area contributed by atoms with Crippen LogP contribution in [0.15, 0.2) is 0 Å². The molecule has 1 saturated heterocycles. The van der Waals surface area contributed by atoms with Gasteiger partial charge in [-0.05, 0) is 6.92 Å². The first-order chi connectivity index (χ1) is 4.02. The maximum absolute atomic E-state index is 10.8. The maximum atomic E-state index is 10.8. The summed E-state index contributed by atoms with van der Waals surface area (Å²) in [4.78, 5) is 0. The summed E-state index contributed by atoms with van der Waals surface area (Å²) in [6.07, 6.45) is 1.29. The molecule has 0 unspecified atom stereocenters.